The Bertz CT molecular complexity index is 363. The summed E-state index contributed by atoms with van der Waals surface area (Å²) in [4.78, 5) is 8.31. The highest BCUT2D eigenvalue weighted by atomic mass is 16.5. The van der Waals surface area contributed by atoms with Crippen molar-refractivity contribution < 1.29 is 4.74 Å². The summed E-state index contributed by atoms with van der Waals surface area (Å²) in [7, 11) is 0. The van der Waals surface area contributed by atoms with E-state index in [2.05, 4.69) is 15.3 Å². The van der Waals surface area contributed by atoms with Crippen LogP contribution in [0, 0.1) is 5.92 Å². The third-order valence-corrected chi connectivity index (χ3v) is 3.21. The zero-order valence-electron chi connectivity index (χ0n) is 9.10. The first kappa shape index (κ1) is 9.84. The van der Waals surface area contributed by atoms with Crippen molar-refractivity contribution in [3.63, 3.8) is 0 Å². The lowest BCUT2D eigenvalue weighted by Gasteiger charge is -2.19. The van der Waals surface area contributed by atoms with Crippen LogP contribution >= 0.6 is 0 Å². The first-order valence-corrected chi connectivity index (χ1v) is 5.78. The maximum absolute atomic E-state index is 5.74. The van der Waals surface area contributed by atoms with Gasteiger partial charge in [-0.2, -0.15) is 0 Å². The van der Waals surface area contributed by atoms with Crippen LogP contribution in [0.4, 0.5) is 11.6 Å². The van der Waals surface area contributed by atoms with Crippen LogP contribution in [0.3, 0.4) is 0 Å². The average Bonchev–Trinajstić information content (AvgIpc) is 3.03. The Labute approximate surface area is 94.4 Å². The number of rotatable bonds is 3. The van der Waals surface area contributed by atoms with E-state index in [1.165, 1.54) is 12.8 Å². The van der Waals surface area contributed by atoms with Gasteiger partial charge in [0, 0.05) is 6.61 Å². The van der Waals surface area contributed by atoms with Crippen LogP contribution in [0.25, 0.3) is 0 Å². The van der Waals surface area contributed by atoms with E-state index in [9.17, 15) is 0 Å². The molecule has 2 unspecified atom stereocenters. The highest BCUT2D eigenvalue weighted by Crippen LogP contribution is 2.39. The fraction of sp³-hybridized carbons (Fsp3) is 0.636. The minimum atomic E-state index is 0.348. The van der Waals surface area contributed by atoms with Gasteiger partial charge in [-0.1, -0.05) is 0 Å². The summed E-state index contributed by atoms with van der Waals surface area (Å²) in [5.74, 6) is 1.39. The second kappa shape index (κ2) is 3.90. The molecule has 1 aliphatic heterocycles. The van der Waals surface area contributed by atoms with Gasteiger partial charge < -0.3 is 15.8 Å². The van der Waals surface area contributed by atoms with Crippen molar-refractivity contribution in [2.75, 3.05) is 17.7 Å². The molecule has 16 heavy (non-hydrogen) atoms. The molecular formula is C11H16N4O. The summed E-state index contributed by atoms with van der Waals surface area (Å²) in [6.07, 6.45) is 7.22. The van der Waals surface area contributed by atoms with Gasteiger partial charge in [0.15, 0.2) is 0 Å². The van der Waals surface area contributed by atoms with Crippen LogP contribution in [0.2, 0.25) is 0 Å². The van der Waals surface area contributed by atoms with Crippen molar-refractivity contribution in [1.29, 1.82) is 0 Å². The zero-order chi connectivity index (χ0) is 11.0. The Morgan fingerprint density at radius 3 is 2.69 bits per heavy atom. The monoisotopic (exact) mass is 220 g/mol. The predicted octanol–water partition coefficient (Wildman–Crippen LogP) is 1.04. The van der Waals surface area contributed by atoms with E-state index in [1.54, 1.807) is 12.4 Å². The van der Waals surface area contributed by atoms with E-state index in [0.717, 1.165) is 18.9 Å². The molecule has 1 saturated heterocycles. The fourth-order valence-corrected chi connectivity index (χ4v) is 2.23. The molecule has 2 heterocycles. The Kier molecular flexibility index (Phi) is 2.40. The molecule has 2 atom stereocenters. The minimum Gasteiger partial charge on any atom is -0.396 e. The number of nitrogens with one attached hydrogen (secondary N) is 1. The van der Waals surface area contributed by atoms with E-state index in [4.69, 9.17) is 10.5 Å². The maximum atomic E-state index is 5.74. The average molecular weight is 220 g/mol. The van der Waals surface area contributed by atoms with Crippen molar-refractivity contribution in [2.24, 2.45) is 5.92 Å². The van der Waals surface area contributed by atoms with Crippen molar-refractivity contribution >= 4 is 11.6 Å². The molecule has 86 valence electrons. The summed E-state index contributed by atoms with van der Waals surface area (Å²) in [6.45, 7) is 0.841. The number of nitrogens with two attached hydrogens (primary N) is 1. The molecule has 0 amide bonds. The quantitative estimate of drug-likeness (QED) is 0.796. The van der Waals surface area contributed by atoms with Gasteiger partial charge in [-0.15, -0.1) is 0 Å². The Morgan fingerprint density at radius 2 is 2.00 bits per heavy atom. The van der Waals surface area contributed by atoms with Crippen LogP contribution in [0.1, 0.15) is 19.3 Å². The normalized spacial score (nSPS) is 29.2. The lowest BCUT2D eigenvalue weighted by atomic mass is 10.1. The molecule has 1 saturated carbocycles. The van der Waals surface area contributed by atoms with E-state index in [0.29, 0.717) is 23.8 Å². The summed E-state index contributed by atoms with van der Waals surface area (Å²) < 4.78 is 5.74. The molecule has 5 nitrogen and oxygen atoms in total. The molecular weight excluding hydrogens is 204 g/mol. The third-order valence-electron chi connectivity index (χ3n) is 3.21. The van der Waals surface area contributed by atoms with Crippen LogP contribution in [-0.2, 0) is 4.74 Å². The highest BCUT2D eigenvalue weighted by molar-refractivity contribution is 5.36. The van der Waals surface area contributed by atoms with Crippen LogP contribution < -0.4 is 11.1 Å². The maximum Gasteiger partial charge on any atom is 0.223 e. The minimum absolute atomic E-state index is 0.348. The molecule has 0 radical (unpaired) electrons. The molecule has 0 aromatic carbocycles. The molecule has 1 aliphatic carbocycles. The molecule has 2 aliphatic rings. The second-order valence-electron chi connectivity index (χ2n) is 4.55. The van der Waals surface area contributed by atoms with E-state index in [-0.39, 0.29) is 0 Å². The molecule has 3 N–H and O–H groups in total. The second-order valence-corrected chi connectivity index (χ2v) is 4.55. The van der Waals surface area contributed by atoms with Gasteiger partial charge in [-0.05, 0) is 25.2 Å². The highest BCUT2D eigenvalue weighted by Gasteiger charge is 2.40. The van der Waals surface area contributed by atoms with E-state index in [1.807, 2.05) is 0 Å². The number of ether oxygens (including phenoxy) is 1. The van der Waals surface area contributed by atoms with Gasteiger partial charge in [0.25, 0.3) is 0 Å². The van der Waals surface area contributed by atoms with Crippen molar-refractivity contribution in [3.8, 4) is 0 Å². The lowest BCUT2D eigenvalue weighted by Crippen LogP contribution is -2.31. The van der Waals surface area contributed by atoms with Gasteiger partial charge >= 0.3 is 0 Å². The van der Waals surface area contributed by atoms with E-state index < -0.39 is 0 Å². The number of hydrogen-bond acceptors (Lipinski definition) is 5. The SMILES string of the molecule is Nc1cnc(NC2CCOC2C2CC2)nc1. The molecule has 1 aromatic rings. The first-order chi connectivity index (χ1) is 7.83. The summed E-state index contributed by atoms with van der Waals surface area (Å²) in [5, 5.41) is 3.34. The number of nitrogens with zero attached hydrogens (tertiary/aromatic N) is 2. The zero-order valence-corrected chi connectivity index (χ0v) is 9.10. The molecule has 1 aromatic heterocycles. The van der Waals surface area contributed by atoms with Crippen molar-refractivity contribution in [2.45, 2.75) is 31.4 Å². The summed E-state index contributed by atoms with van der Waals surface area (Å²) >= 11 is 0. The third kappa shape index (κ3) is 1.95. The van der Waals surface area contributed by atoms with Crippen LogP contribution in [-0.4, -0.2) is 28.7 Å². The number of anilines is 2. The Hall–Kier alpha value is -1.36. The van der Waals surface area contributed by atoms with Gasteiger partial charge in [0.2, 0.25) is 5.95 Å². The van der Waals surface area contributed by atoms with Gasteiger partial charge in [-0.3, -0.25) is 0 Å². The molecule has 0 spiro atoms. The Balaban J connectivity index is 1.66. The summed E-state index contributed by atoms with van der Waals surface area (Å²) in [5.41, 5.74) is 6.13. The lowest BCUT2D eigenvalue weighted by molar-refractivity contribution is 0.0897. The van der Waals surface area contributed by atoms with Gasteiger partial charge in [-0.25, -0.2) is 9.97 Å². The molecule has 3 rings (SSSR count). The van der Waals surface area contributed by atoms with E-state index >= 15 is 0 Å². The Morgan fingerprint density at radius 1 is 1.25 bits per heavy atom. The predicted molar refractivity (Wildman–Crippen MR) is 60.9 cm³/mol. The smallest absolute Gasteiger partial charge is 0.223 e. The fourth-order valence-electron chi connectivity index (χ4n) is 2.23. The standard InChI is InChI=1S/C11H16N4O/c12-8-5-13-11(14-6-8)15-9-3-4-16-10(9)7-1-2-7/h5-7,9-10H,1-4,12H2,(H,13,14,15). The number of nitrogen functional groups attached to an aromatic ring is 1. The largest absolute Gasteiger partial charge is 0.396 e. The van der Waals surface area contributed by atoms with Crippen molar-refractivity contribution in [1.82, 2.24) is 9.97 Å². The molecule has 2 fully saturated rings. The topological polar surface area (TPSA) is 73.1 Å². The number of aromatic nitrogens is 2. The van der Waals surface area contributed by atoms with Crippen LogP contribution in [0.15, 0.2) is 12.4 Å². The first-order valence-electron chi connectivity index (χ1n) is 5.78. The molecule has 0 bridgehead atoms. The van der Waals surface area contributed by atoms with Crippen LogP contribution in [0.5, 0.6) is 0 Å². The molecule has 5 heteroatoms. The summed E-state index contributed by atoms with van der Waals surface area (Å²) in [6, 6.07) is 0.358. The van der Waals surface area contributed by atoms with Crippen molar-refractivity contribution in [3.05, 3.63) is 12.4 Å². The number of hydrogen-bond donors (Lipinski definition) is 2. The van der Waals surface area contributed by atoms with Gasteiger partial charge in [0.1, 0.15) is 0 Å². The van der Waals surface area contributed by atoms with Gasteiger partial charge in [0.05, 0.1) is 30.2 Å².